The van der Waals surface area contributed by atoms with Gasteiger partial charge in [0.05, 0.1) is 5.56 Å². The van der Waals surface area contributed by atoms with Crippen LogP contribution in [0, 0.1) is 25.2 Å². The van der Waals surface area contributed by atoms with E-state index >= 15 is 0 Å². The second-order valence-electron chi connectivity index (χ2n) is 5.16. The van der Waals surface area contributed by atoms with E-state index in [1.165, 1.54) is 6.42 Å². The highest BCUT2D eigenvalue weighted by Gasteiger charge is 2.19. The van der Waals surface area contributed by atoms with Gasteiger partial charge in [-0.1, -0.05) is 0 Å². The van der Waals surface area contributed by atoms with Crippen LogP contribution in [0.1, 0.15) is 29.7 Å². The summed E-state index contributed by atoms with van der Waals surface area (Å²) in [5.41, 5.74) is 2.63. The van der Waals surface area contributed by atoms with Crippen molar-refractivity contribution in [3.05, 3.63) is 22.9 Å². The van der Waals surface area contributed by atoms with Crippen molar-refractivity contribution in [1.29, 1.82) is 5.26 Å². The van der Waals surface area contributed by atoms with E-state index in [1.54, 1.807) is 0 Å². The largest absolute Gasteiger partial charge is 0.365 e. The van der Waals surface area contributed by atoms with Crippen molar-refractivity contribution in [2.24, 2.45) is 0 Å². The maximum atomic E-state index is 9.23. The first-order valence-corrected chi connectivity index (χ1v) is 6.43. The smallest absolute Gasteiger partial charge is 0.144 e. The average molecular weight is 244 g/mol. The van der Waals surface area contributed by atoms with Crippen LogP contribution in [0.5, 0.6) is 0 Å². The molecule has 1 saturated heterocycles. The molecule has 1 aliphatic heterocycles. The van der Waals surface area contributed by atoms with Gasteiger partial charge in [0.1, 0.15) is 11.9 Å². The fraction of sp³-hybridized carbons (Fsp3) is 0.571. The first-order chi connectivity index (χ1) is 8.60. The van der Waals surface area contributed by atoms with E-state index in [1.807, 2.05) is 19.9 Å². The standard InChI is InChI=1S/C14H20N4/c1-10-7-11(2)16-14(13(10)8-15)17-12-5-4-6-18(3)9-12/h7,12H,4-6,9H2,1-3H3,(H,16,17). The minimum Gasteiger partial charge on any atom is -0.365 e. The lowest BCUT2D eigenvalue weighted by Crippen LogP contribution is -2.40. The SMILES string of the molecule is Cc1cc(C)c(C#N)c(NC2CCCN(C)C2)n1. The molecule has 1 aliphatic rings. The highest BCUT2D eigenvalue weighted by Crippen LogP contribution is 2.20. The van der Waals surface area contributed by atoms with Crippen molar-refractivity contribution in [2.75, 3.05) is 25.5 Å². The Bertz CT molecular complexity index is 475. The van der Waals surface area contributed by atoms with Gasteiger partial charge in [0.2, 0.25) is 0 Å². The highest BCUT2D eigenvalue weighted by molar-refractivity contribution is 5.56. The summed E-state index contributed by atoms with van der Waals surface area (Å²) in [6.45, 7) is 6.10. The number of aryl methyl sites for hydroxylation is 2. The molecular weight excluding hydrogens is 224 g/mol. The van der Waals surface area contributed by atoms with Crippen molar-refractivity contribution in [3.8, 4) is 6.07 Å². The summed E-state index contributed by atoms with van der Waals surface area (Å²) in [6.07, 6.45) is 2.34. The summed E-state index contributed by atoms with van der Waals surface area (Å²) < 4.78 is 0. The van der Waals surface area contributed by atoms with Crippen molar-refractivity contribution < 1.29 is 0 Å². The van der Waals surface area contributed by atoms with Gasteiger partial charge in [-0.2, -0.15) is 5.26 Å². The predicted octanol–water partition coefficient (Wildman–Crippen LogP) is 2.08. The van der Waals surface area contributed by atoms with Gasteiger partial charge >= 0.3 is 0 Å². The number of pyridine rings is 1. The van der Waals surface area contributed by atoms with E-state index < -0.39 is 0 Å². The Morgan fingerprint density at radius 3 is 2.94 bits per heavy atom. The predicted molar refractivity (Wildman–Crippen MR) is 72.6 cm³/mol. The molecule has 4 heteroatoms. The van der Waals surface area contributed by atoms with Gasteiger partial charge in [-0.15, -0.1) is 0 Å². The van der Waals surface area contributed by atoms with Gasteiger partial charge in [-0.25, -0.2) is 4.98 Å². The van der Waals surface area contributed by atoms with Crippen LogP contribution in [-0.4, -0.2) is 36.1 Å². The van der Waals surface area contributed by atoms with Gasteiger partial charge in [0.15, 0.2) is 0 Å². The summed E-state index contributed by atoms with van der Waals surface area (Å²) in [5.74, 6) is 0.746. The lowest BCUT2D eigenvalue weighted by molar-refractivity contribution is 0.260. The molecule has 0 aliphatic carbocycles. The number of hydrogen-bond acceptors (Lipinski definition) is 4. The lowest BCUT2D eigenvalue weighted by Gasteiger charge is -2.30. The second-order valence-corrected chi connectivity index (χ2v) is 5.16. The number of nitriles is 1. The molecule has 2 rings (SSSR count). The second kappa shape index (κ2) is 5.36. The van der Waals surface area contributed by atoms with Gasteiger partial charge < -0.3 is 10.2 Å². The minimum atomic E-state index is 0.393. The molecule has 2 heterocycles. The van der Waals surface area contributed by atoms with Crippen LogP contribution >= 0.6 is 0 Å². The third kappa shape index (κ3) is 2.80. The van der Waals surface area contributed by atoms with Crippen LogP contribution < -0.4 is 5.32 Å². The Labute approximate surface area is 109 Å². The normalized spacial score (nSPS) is 20.4. The molecular formula is C14H20N4. The Hall–Kier alpha value is -1.60. The third-order valence-corrected chi connectivity index (χ3v) is 3.42. The molecule has 18 heavy (non-hydrogen) atoms. The molecule has 1 N–H and O–H groups in total. The fourth-order valence-corrected chi connectivity index (χ4v) is 2.56. The minimum absolute atomic E-state index is 0.393. The monoisotopic (exact) mass is 244 g/mol. The summed E-state index contributed by atoms with van der Waals surface area (Å²) in [4.78, 5) is 6.79. The molecule has 0 bridgehead atoms. The number of likely N-dealkylation sites (N-methyl/N-ethyl adjacent to an activating group) is 1. The van der Waals surface area contributed by atoms with Crippen molar-refractivity contribution >= 4 is 5.82 Å². The third-order valence-electron chi connectivity index (χ3n) is 3.42. The van der Waals surface area contributed by atoms with Crippen LogP contribution in [0.4, 0.5) is 5.82 Å². The van der Waals surface area contributed by atoms with E-state index in [4.69, 9.17) is 0 Å². The molecule has 1 unspecified atom stereocenters. The van der Waals surface area contributed by atoms with Gasteiger partial charge in [0, 0.05) is 18.3 Å². The van der Waals surface area contributed by atoms with E-state index in [0.29, 0.717) is 11.6 Å². The summed E-state index contributed by atoms with van der Waals surface area (Å²) >= 11 is 0. The van der Waals surface area contributed by atoms with Crippen LogP contribution in [0.3, 0.4) is 0 Å². The Morgan fingerprint density at radius 2 is 2.28 bits per heavy atom. The maximum absolute atomic E-state index is 9.23. The highest BCUT2D eigenvalue weighted by atomic mass is 15.1. The molecule has 1 aromatic rings. The molecule has 4 nitrogen and oxygen atoms in total. The number of likely N-dealkylation sites (tertiary alicyclic amines) is 1. The quantitative estimate of drug-likeness (QED) is 0.865. The van der Waals surface area contributed by atoms with E-state index in [0.717, 1.165) is 36.6 Å². The van der Waals surface area contributed by atoms with Gasteiger partial charge in [0.25, 0.3) is 0 Å². The van der Waals surface area contributed by atoms with Crippen LogP contribution in [0.15, 0.2) is 6.07 Å². The first-order valence-electron chi connectivity index (χ1n) is 6.43. The van der Waals surface area contributed by atoms with Gasteiger partial charge in [-0.3, -0.25) is 0 Å². The Balaban J connectivity index is 2.20. The number of aromatic nitrogens is 1. The lowest BCUT2D eigenvalue weighted by atomic mass is 10.1. The number of hydrogen-bond donors (Lipinski definition) is 1. The van der Waals surface area contributed by atoms with Crippen LogP contribution in [0.2, 0.25) is 0 Å². The molecule has 0 saturated carbocycles. The molecule has 1 aromatic heterocycles. The van der Waals surface area contributed by atoms with Gasteiger partial charge in [-0.05, 0) is 51.9 Å². The maximum Gasteiger partial charge on any atom is 0.144 e. The molecule has 0 radical (unpaired) electrons. The Morgan fingerprint density at radius 1 is 1.50 bits per heavy atom. The van der Waals surface area contributed by atoms with Crippen molar-refractivity contribution in [1.82, 2.24) is 9.88 Å². The average Bonchev–Trinajstić information content (AvgIpc) is 2.28. The zero-order valence-electron chi connectivity index (χ0n) is 11.3. The molecule has 0 aromatic carbocycles. The first kappa shape index (κ1) is 12.8. The van der Waals surface area contributed by atoms with E-state index in [2.05, 4.69) is 28.3 Å². The Kier molecular flexibility index (Phi) is 3.83. The van der Waals surface area contributed by atoms with E-state index in [-0.39, 0.29) is 0 Å². The number of rotatable bonds is 2. The van der Waals surface area contributed by atoms with Crippen molar-refractivity contribution in [2.45, 2.75) is 32.7 Å². The number of nitrogens with zero attached hydrogens (tertiary/aromatic N) is 3. The molecule has 1 fully saturated rings. The molecule has 96 valence electrons. The summed E-state index contributed by atoms with van der Waals surface area (Å²) in [7, 11) is 2.13. The number of piperidine rings is 1. The van der Waals surface area contributed by atoms with E-state index in [9.17, 15) is 5.26 Å². The van der Waals surface area contributed by atoms with Crippen LogP contribution in [-0.2, 0) is 0 Å². The zero-order chi connectivity index (χ0) is 13.1. The summed E-state index contributed by atoms with van der Waals surface area (Å²) in [5, 5.41) is 12.7. The fourth-order valence-electron chi connectivity index (χ4n) is 2.56. The zero-order valence-corrected chi connectivity index (χ0v) is 11.3. The molecule has 0 spiro atoms. The van der Waals surface area contributed by atoms with Crippen LogP contribution in [0.25, 0.3) is 0 Å². The summed E-state index contributed by atoms with van der Waals surface area (Å²) in [6, 6.07) is 4.60. The number of nitrogens with one attached hydrogen (secondary N) is 1. The molecule has 0 amide bonds. The number of anilines is 1. The molecule has 1 atom stereocenters. The topological polar surface area (TPSA) is 52.0 Å². The van der Waals surface area contributed by atoms with Crippen molar-refractivity contribution in [3.63, 3.8) is 0 Å².